The Hall–Kier alpha value is -3.35. The van der Waals surface area contributed by atoms with E-state index in [0.717, 1.165) is 11.3 Å². The zero-order valence-electron chi connectivity index (χ0n) is 18.4. The van der Waals surface area contributed by atoms with Crippen LogP contribution in [0, 0.1) is 5.95 Å². The molecule has 4 aromatic rings. The number of amides is 1. The van der Waals surface area contributed by atoms with Gasteiger partial charge < -0.3 is 10.1 Å². The van der Waals surface area contributed by atoms with Crippen LogP contribution in [0.15, 0.2) is 90.0 Å². The number of benzene rings is 3. The van der Waals surface area contributed by atoms with Gasteiger partial charge >= 0.3 is 0 Å². The molecule has 4 nitrogen and oxygen atoms in total. The lowest BCUT2D eigenvalue weighted by Crippen LogP contribution is -2.14. The number of hydrogen-bond donors (Lipinski definition) is 1. The molecule has 0 aliphatic heterocycles. The van der Waals surface area contributed by atoms with E-state index < -0.39 is 5.95 Å². The van der Waals surface area contributed by atoms with Crippen molar-refractivity contribution in [3.63, 3.8) is 0 Å². The normalized spacial score (nSPS) is 10.7. The first-order valence-corrected chi connectivity index (χ1v) is 12.1. The minimum absolute atomic E-state index is 0.146. The molecule has 172 valence electrons. The maximum atomic E-state index is 13.8. The number of ether oxygens (including phenoxy) is 1. The number of aromatic nitrogens is 1. The minimum atomic E-state index is -0.591. The van der Waals surface area contributed by atoms with Crippen molar-refractivity contribution < 1.29 is 13.9 Å². The molecule has 1 N–H and O–H groups in total. The van der Waals surface area contributed by atoms with E-state index in [1.54, 1.807) is 60.3 Å². The molecule has 7 heteroatoms. The summed E-state index contributed by atoms with van der Waals surface area (Å²) < 4.78 is 19.8. The summed E-state index contributed by atoms with van der Waals surface area (Å²) >= 11 is 7.86. The Kier molecular flexibility index (Phi) is 7.83. The SMILES string of the molecule is CCSc1ccc(CC(=O)Nc2ccc(-c3ccnc(F)c3)c(Oc3cccc(Cl)c3)c2)cc1. The molecule has 0 bridgehead atoms. The number of pyridine rings is 1. The van der Waals surface area contributed by atoms with Crippen molar-refractivity contribution in [2.24, 2.45) is 0 Å². The van der Waals surface area contributed by atoms with Crippen molar-refractivity contribution in [1.29, 1.82) is 0 Å². The molecule has 0 saturated carbocycles. The first-order valence-electron chi connectivity index (χ1n) is 10.7. The Labute approximate surface area is 207 Å². The predicted molar refractivity (Wildman–Crippen MR) is 136 cm³/mol. The zero-order chi connectivity index (χ0) is 23.9. The molecule has 0 aliphatic carbocycles. The second-order valence-electron chi connectivity index (χ2n) is 7.44. The number of carbonyl (C=O) groups is 1. The lowest BCUT2D eigenvalue weighted by Gasteiger charge is -2.14. The highest BCUT2D eigenvalue weighted by Gasteiger charge is 2.13. The van der Waals surface area contributed by atoms with Crippen LogP contribution in [0.1, 0.15) is 12.5 Å². The van der Waals surface area contributed by atoms with Crippen LogP contribution in [0.4, 0.5) is 10.1 Å². The van der Waals surface area contributed by atoms with Gasteiger partial charge in [-0.15, -0.1) is 11.8 Å². The van der Waals surface area contributed by atoms with Crippen molar-refractivity contribution in [3.05, 3.63) is 102 Å². The van der Waals surface area contributed by atoms with Gasteiger partial charge in [-0.1, -0.05) is 36.7 Å². The van der Waals surface area contributed by atoms with Gasteiger partial charge in [0.05, 0.1) is 6.42 Å². The first-order chi connectivity index (χ1) is 16.5. The van der Waals surface area contributed by atoms with E-state index in [2.05, 4.69) is 17.2 Å². The summed E-state index contributed by atoms with van der Waals surface area (Å²) in [7, 11) is 0. The number of halogens is 2. The Morgan fingerprint density at radius 3 is 2.62 bits per heavy atom. The summed E-state index contributed by atoms with van der Waals surface area (Å²) in [5.41, 5.74) is 2.76. The van der Waals surface area contributed by atoms with E-state index in [9.17, 15) is 9.18 Å². The van der Waals surface area contributed by atoms with E-state index in [-0.39, 0.29) is 12.3 Å². The maximum absolute atomic E-state index is 13.8. The van der Waals surface area contributed by atoms with Gasteiger partial charge in [0.25, 0.3) is 0 Å². The van der Waals surface area contributed by atoms with Gasteiger partial charge in [-0.25, -0.2) is 4.98 Å². The fraction of sp³-hybridized carbons (Fsp3) is 0.111. The molecule has 0 unspecified atom stereocenters. The minimum Gasteiger partial charge on any atom is -0.457 e. The molecule has 0 spiro atoms. The molecule has 1 aromatic heterocycles. The van der Waals surface area contributed by atoms with Gasteiger partial charge in [0, 0.05) is 39.5 Å². The average molecular weight is 493 g/mol. The van der Waals surface area contributed by atoms with Gasteiger partial charge in [-0.2, -0.15) is 4.39 Å². The molecule has 1 amide bonds. The van der Waals surface area contributed by atoms with Crippen LogP contribution in [0.3, 0.4) is 0 Å². The summed E-state index contributed by atoms with van der Waals surface area (Å²) in [4.78, 5) is 17.5. The third-order valence-corrected chi connectivity index (χ3v) is 6.06. The molecule has 0 aliphatic rings. The number of nitrogens with one attached hydrogen (secondary N) is 1. The van der Waals surface area contributed by atoms with Crippen LogP contribution in [-0.4, -0.2) is 16.6 Å². The van der Waals surface area contributed by atoms with Crippen LogP contribution < -0.4 is 10.1 Å². The number of thioether (sulfide) groups is 1. The third-order valence-electron chi connectivity index (χ3n) is 4.93. The zero-order valence-corrected chi connectivity index (χ0v) is 20.0. The summed E-state index contributed by atoms with van der Waals surface area (Å²) in [6, 6.07) is 23.2. The van der Waals surface area contributed by atoms with Crippen LogP contribution in [0.25, 0.3) is 11.1 Å². The second-order valence-corrected chi connectivity index (χ2v) is 9.21. The molecule has 1 heterocycles. The second kappa shape index (κ2) is 11.2. The fourth-order valence-electron chi connectivity index (χ4n) is 3.41. The van der Waals surface area contributed by atoms with Gasteiger partial charge in [0.2, 0.25) is 11.9 Å². The molecule has 3 aromatic carbocycles. The predicted octanol–water partition coefficient (Wildman–Crippen LogP) is 7.63. The van der Waals surface area contributed by atoms with E-state index in [4.69, 9.17) is 16.3 Å². The van der Waals surface area contributed by atoms with Crippen molar-refractivity contribution in [2.75, 3.05) is 11.1 Å². The smallest absolute Gasteiger partial charge is 0.228 e. The maximum Gasteiger partial charge on any atom is 0.228 e. The van der Waals surface area contributed by atoms with E-state index in [0.29, 0.717) is 33.3 Å². The molecule has 0 radical (unpaired) electrons. The number of nitrogens with zero attached hydrogens (tertiary/aromatic N) is 1. The van der Waals surface area contributed by atoms with E-state index in [1.807, 2.05) is 24.3 Å². The lowest BCUT2D eigenvalue weighted by molar-refractivity contribution is -0.115. The first kappa shape index (κ1) is 23.8. The molecular formula is C27H22ClFN2O2S. The van der Waals surface area contributed by atoms with Crippen molar-refractivity contribution in [1.82, 2.24) is 4.98 Å². The molecule has 4 rings (SSSR count). The van der Waals surface area contributed by atoms with Gasteiger partial charge in [0.1, 0.15) is 11.5 Å². The molecule has 0 fully saturated rings. The highest BCUT2D eigenvalue weighted by Crippen LogP contribution is 2.36. The Bertz CT molecular complexity index is 1300. The third kappa shape index (κ3) is 6.37. The molecular weight excluding hydrogens is 471 g/mol. The van der Waals surface area contributed by atoms with Gasteiger partial charge in [0.15, 0.2) is 0 Å². The number of rotatable bonds is 8. The van der Waals surface area contributed by atoms with E-state index >= 15 is 0 Å². The monoisotopic (exact) mass is 492 g/mol. The molecule has 0 saturated heterocycles. The highest BCUT2D eigenvalue weighted by atomic mass is 35.5. The van der Waals surface area contributed by atoms with Gasteiger partial charge in [-0.05, 0) is 65.4 Å². The largest absolute Gasteiger partial charge is 0.457 e. The van der Waals surface area contributed by atoms with Crippen molar-refractivity contribution >= 4 is 35.0 Å². The van der Waals surface area contributed by atoms with Crippen LogP contribution in [0.5, 0.6) is 11.5 Å². The standard InChI is InChI=1S/C27H22ClFN2O2S/c1-2-34-23-9-6-18(7-10-23)14-27(32)31-21-8-11-24(19-12-13-30-26(29)15-19)25(17-21)33-22-5-3-4-20(28)16-22/h3-13,15-17H,2,14H2,1H3,(H,31,32). The number of carbonyl (C=O) groups excluding carboxylic acids is 1. The van der Waals surface area contributed by atoms with Crippen LogP contribution >= 0.6 is 23.4 Å². The number of anilines is 1. The van der Waals surface area contributed by atoms with Crippen LogP contribution in [0.2, 0.25) is 5.02 Å². The fourth-order valence-corrected chi connectivity index (χ4v) is 4.25. The van der Waals surface area contributed by atoms with E-state index in [1.165, 1.54) is 17.2 Å². The Balaban J connectivity index is 1.57. The Morgan fingerprint density at radius 2 is 1.88 bits per heavy atom. The lowest BCUT2D eigenvalue weighted by atomic mass is 10.0. The summed E-state index contributed by atoms with van der Waals surface area (Å²) in [5.74, 6) is 1.24. The van der Waals surface area contributed by atoms with Gasteiger partial charge in [-0.3, -0.25) is 4.79 Å². The quantitative estimate of drug-likeness (QED) is 0.203. The summed E-state index contributed by atoms with van der Waals surface area (Å²) in [5, 5.41) is 3.45. The van der Waals surface area contributed by atoms with Crippen LogP contribution in [-0.2, 0) is 11.2 Å². The topological polar surface area (TPSA) is 51.2 Å². The summed E-state index contributed by atoms with van der Waals surface area (Å²) in [6.45, 7) is 2.10. The van der Waals surface area contributed by atoms with Crippen molar-refractivity contribution in [3.8, 4) is 22.6 Å². The average Bonchev–Trinajstić information content (AvgIpc) is 2.81. The number of hydrogen-bond acceptors (Lipinski definition) is 4. The van der Waals surface area contributed by atoms with Crippen molar-refractivity contribution in [2.45, 2.75) is 18.2 Å². The molecule has 0 atom stereocenters. The highest BCUT2D eigenvalue weighted by molar-refractivity contribution is 7.99. The Morgan fingerprint density at radius 1 is 1.06 bits per heavy atom. The summed E-state index contributed by atoms with van der Waals surface area (Å²) in [6.07, 6.45) is 1.65. The molecule has 34 heavy (non-hydrogen) atoms.